The Morgan fingerprint density at radius 1 is 1.36 bits per heavy atom. The number of nitrogens with two attached hydrogens (primary N) is 1. The van der Waals surface area contributed by atoms with Crippen LogP contribution in [0.3, 0.4) is 0 Å². The van der Waals surface area contributed by atoms with E-state index in [2.05, 4.69) is 6.58 Å². The van der Waals surface area contributed by atoms with Gasteiger partial charge in [0, 0.05) is 10.6 Å². The van der Waals surface area contributed by atoms with Gasteiger partial charge in [0.15, 0.2) is 0 Å². The lowest BCUT2D eigenvalue weighted by atomic mass is 10.2. The van der Waals surface area contributed by atoms with Crippen molar-refractivity contribution < 1.29 is 0 Å². The summed E-state index contributed by atoms with van der Waals surface area (Å²) in [6.45, 7) is 3.57. The summed E-state index contributed by atoms with van der Waals surface area (Å²) >= 11 is 11.6. The van der Waals surface area contributed by atoms with E-state index in [0.717, 1.165) is 0 Å². The van der Waals surface area contributed by atoms with E-state index in [-0.39, 0.29) is 0 Å². The predicted molar refractivity (Wildman–Crippen MR) is 51.0 cm³/mol. The van der Waals surface area contributed by atoms with E-state index in [0.29, 0.717) is 21.3 Å². The quantitative estimate of drug-likeness (QED) is 0.672. The maximum absolute atomic E-state index is 5.82. The Balaban J connectivity index is 3.40. The molecule has 2 N–H and O–H groups in total. The van der Waals surface area contributed by atoms with Crippen LogP contribution in [0.4, 0.5) is 5.69 Å². The highest BCUT2D eigenvalue weighted by Gasteiger charge is 2.04. The van der Waals surface area contributed by atoms with Gasteiger partial charge in [0.05, 0.1) is 10.7 Å². The van der Waals surface area contributed by atoms with E-state index in [4.69, 9.17) is 28.9 Å². The maximum Gasteiger partial charge on any atom is 0.0722 e. The molecule has 1 nitrogen and oxygen atoms in total. The molecule has 1 aromatic carbocycles. The third-order valence-electron chi connectivity index (χ3n) is 1.36. The third kappa shape index (κ3) is 1.50. The molecule has 0 amide bonds. The van der Waals surface area contributed by atoms with Gasteiger partial charge in [-0.25, -0.2) is 0 Å². The Morgan fingerprint density at radius 3 is 2.45 bits per heavy atom. The fraction of sp³-hybridized carbons (Fsp3) is 0. The number of nitrogen functional groups attached to an aromatic ring is 1. The van der Waals surface area contributed by atoms with Crippen molar-refractivity contribution in [2.45, 2.75) is 0 Å². The molecule has 0 radical (unpaired) electrons. The number of benzene rings is 1. The van der Waals surface area contributed by atoms with Gasteiger partial charge >= 0.3 is 0 Å². The van der Waals surface area contributed by atoms with Crippen molar-refractivity contribution in [3.05, 3.63) is 34.3 Å². The SMILES string of the molecule is C=Cc1c(Cl)ccc(N)c1Cl. The summed E-state index contributed by atoms with van der Waals surface area (Å²) in [5, 5.41) is 1.03. The molecule has 1 aromatic rings. The zero-order valence-electron chi connectivity index (χ0n) is 5.77. The highest BCUT2D eigenvalue weighted by Crippen LogP contribution is 2.30. The standard InChI is InChI=1S/C8H7Cl2N/c1-2-5-6(9)3-4-7(11)8(5)10/h2-4H,1,11H2. The van der Waals surface area contributed by atoms with Crippen LogP contribution in [0.1, 0.15) is 5.56 Å². The molecule has 1 rings (SSSR count). The van der Waals surface area contributed by atoms with E-state index in [1.165, 1.54) is 0 Å². The van der Waals surface area contributed by atoms with Gasteiger partial charge < -0.3 is 5.73 Å². The minimum atomic E-state index is 0.465. The second-order valence-electron chi connectivity index (χ2n) is 2.07. The average Bonchev–Trinajstić information content (AvgIpc) is 1.99. The summed E-state index contributed by atoms with van der Waals surface area (Å²) < 4.78 is 0. The molecule has 0 unspecified atom stereocenters. The monoisotopic (exact) mass is 187 g/mol. The van der Waals surface area contributed by atoms with Gasteiger partial charge in [0.2, 0.25) is 0 Å². The Kier molecular flexibility index (Phi) is 2.42. The smallest absolute Gasteiger partial charge is 0.0722 e. The highest BCUT2D eigenvalue weighted by atomic mass is 35.5. The van der Waals surface area contributed by atoms with Crippen molar-refractivity contribution in [2.75, 3.05) is 5.73 Å². The van der Waals surface area contributed by atoms with E-state index >= 15 is 0 Å². The zero-order chi connectivity index (χ0) is 8.43. The average molecular weight is 188 g/mol. The zero-order valence-corrected chi connectivity index (χ0v) is 7.28. The Labute approximate surface area is 75.4 Å². The molecule has 0 atom stereocenters. The van der Waals surface area contributed by atoms with Gasteiger partial charge in [-0.2, -0.15) is 0 Å². The normalized spacial score (nSPS) is 9.64. The van der Waals surface area contributed by atoms with Gasteiger partial charge in [-0.05, 0) is 12.1 Å². The number of hydrogen-bond donors (Lipinski definition) is 1. The Bertz CT molecular complexity index is 294. The lowest BCUT2D eigenvalue weighted by Gasteiger charge is -2.03. The molecule has 0 bridgehead atoms. The highest BCUT2D eigenvalue weighted by molar-refractivity contribution is 6.38. The van der Waals surface area contributed by atoms with E-state index in [9.17, 15) is 0 Å². The first-order valence-corrected chi connectivity index (χ1v) is 3.78. The fourth-order valence-corrected chi connectivity index (χ4v) is 1.30. The summed E-state index contributed by atoms with van der Waals surface area (Å²) in [7, 11) is 0. The number of rotatable bonds is 1. The van der Waals surface area contributed by atoms with E-state index in [1.54, 1.807) is 18.2 Å². The molecule has 0 aliphatic rings. The van der Waals surface area contributed by atoms with Crippen LogP contribution in [-0.4, -0.2) is 0 Å². The van der Waals surface area contributed by atoms with Gasteiger partial charge in [0.25, 0.3) is 0 Å². The third-order valence-corrected chi connectivity index (χ3v) is 2.11. The van der Waals surface area contributed by atoms with Crippen LogP contribution < -0.4 is 5.73 Å². The van der Waals surface area contributed by atoms with Crippen LogP contribution >= 0.6 is 23.2 Å². The predicted octanol–water partition coefficient (Wildman–Crippen LogP) is 3.22. The molecular formula is C8H7Cl2N. The second-order valence-corrected chi connectivity index (χ2v) is 2.85. The Hall–Kier alpha value is -0.660. The van der Waals surface area contributed by atoms with Gasteiger partial charge in [-0.3, -0.25) is 0 Å². The van der Waals surface area contributed by atoms with Crippen molar-refractivity contribution in [3.63, 3.8) is 0 Å². The van der Waals surface area contributed by atoms with E-state index in [1.807, 2.05) is 0 Å². The van der Waals surface area contributed by atoms with Crippen molar-refractivity contribution in [1.82, 2.24) is 0 Å². The summed E-state index contributed by atoms with van der Waals surface area (Å²) in [5.74, 6) is 0. The molecule has 58 valence electrons. The lowest BCUT2D eigenvalue weighted by Crippen LogP contribution is -1.88. The van der Waals surface area contributed by atoms with Crippen molar-refractivity contribution >= 4 is 35.0 Å². The van der Waals surface area contributed by atoms with Crippen LogP contribution in [0.2, 0.25) is 10.0 Å². The largest absolute Gasteiger partial charge is 0.398 e. The molecule has 11 heavy (non-hydrogen) atoms. The molecular weight excluding hydrogens is 181 g/mol. The first-order chi connectivity index (χ1) is 5.16. The van der Waals surface area contributed by atoms with Crippen LogP contribution in [-0.2, 0) is 0 Å². The second kappa shape index (κ2) is 3.16. The van der Waals surface area contributed by atoms with Gasteiger partial charge in [-0.1, -0.05) is 35.9 Å². The number of anilines is 1. The molecule has 0 aliphatic carbocycles. The molecule has 3 heteroatoms. The summed E-state index contributed by atoms with van der Waals surface area (Å²) in [6.07, 6.45) is 1.58. The van der Waals surface area contributed by atoms with Crippen molar-refractivity contribution in [1.29, 1.82) is 0 Å². The molecule has 0 saturated carbocycles. The molecule has 0 spiro atoms. The maximum atomic E-state index is 5.82. The molecule has 0 heterocycles. The van der Waals surface area contributed by atoms with Crippen LogP contribution in [0.25, 0.3) is 6.08 Å². The first-order valence-electron chi connectivity index (χ1n) is 3.02. The van der Waals surface area contributed by atoms with Gasteiger partial charge in [-0.15, -0.1) is 0 Å². The fourth-order valence-electron chi connectivity index (χ4n) is 0.773. The summed E-state index contributed by atoms with van der Waals surface area (Å²) in [4.78, 5) is 0. The van der Waals surface area contributed by atoms with Gasteiger partial charge in [0.1, 0.15) is 0 Å². The molecule has 0 aliphatic heterocycles. The molecule has 0 aromatic heterocycles. The minimum absolute atomic E-state index is 0.465. The first kappa shape index (κ1) is 8.44. The van der Waals surface area contributed by atoms with Crippen LogP contribution in [0, 0.1) is 0 Å². The Morgan fingerprint density at radius 2 is 2.00 bits per heavy atom. The van der Waals surface area contributed by atoms with Crippen molar-refractivity contribution in [2.24, 2.45) is 0 Å². The minimum Gasteiger partial charge on any atom is -0.398 e. The topological polar surface area (TPSA) is 26.0 Å². The molecule has 0 fully saturated rings. The summed E-state index contributed by atoms with van der Waals surface area (Å²) in [6, 6.07) is 3.36. The lowest BCUT2D eigenvalue weighted by molar-refractivity contribution is 1.64. The molecule has 0 saturated heterocycles. The number of hydrogen-bond acceptors (Lipinski definition) is 1. The van der Waals surface area contributed by atoms with Crippen LogP contribution in [0.5, 0.6) is 0 Å². The van der Waals surface area contributed by atoms with Crippen LogP contribution in [0.15, 0.2) is 18.7 Å². The summed E-state index contributed by atoms with van der Waals surface area (Å²) in [5.41, 5.74) is 6.73. The number of halogens is 2. The van der Waals surface area contributed by atoms with Crippen molar-refractivity contribution in [3.8, 4) is 0 Å². The van der Waals surface area contributed by atoms with E-state index < -0.39 is 0 Å².